The molecule has 0 amide bonds. The average Bonchev–Trinajstić information content (AvgIpc) is 2.06. The third-order valence-electron chi connectivity index (χ3n) is 1.54. The van der Waals surface area contributed by atoms with Crippen LogP contribution in [0.2, 0.25) is 0 Å². The second-order valence-electron chi connectivity index (χ2n) is 2.46. The van der Waals surface area contributed by atoms with E-state index in [4.69, 9.17) is 10.5 Å². The van der Waals surface area contributed by atoms with E-state index in [1.807, 2.05) is 18.2 Å². The van der Waals surface area contributed by atoms with Crippen molar-refractivity contribution >= 4 is 0 Å². The minimum Gasteiger partial charge on any atom is -0.380 e. The fourth-order valence-electron chi connectivity index (χ4n) is 1.01. The highest BCUT2D eigenvalue weighted by Crippen LogP contribution is 2.04. The van der Waals surface area contributed by atoms with Crippen LogP contribution in [-0.2, 0) is 17.9 Å². The van der Waals surface area contributed by atoms with Crippen LogP contribution in [0, 0.1) is 0 Å². The normalized spacial score (nSPS) is 10.0. The number of rotatable bonds is 3. The molecule has 0 atom stereocenters. The van der Waals surface area contributed by atoms with Gasteiger partial charge in [0.1, 0.15) is 0 Å². The fraction of sp³-hybridized carbons (Fsp3) is 0.333. The van der Waals surface area contributed by atoms with Gasteiger partial charge in [0, 0.05) is 13.7 Å². The van der Waals surface area contributed by atoms with Crippen molar-refractivity contribution in [3.63, 3.8) is 0 Å². The summed E-state index contributed by atoms with van der Waals surface area (Å²) in [6.45, 7) is 1.26. The molecule has 0 saturated carbocycles. The molecule has 2 N–H and O–H groups in total. The fourth-order valence-corrected chi connectivity index (χ4v) is 1.01. The van der Waals surface area contributed by atoms with Crippen LogP contribution < -0.4 is 5.73 Å². The first kappa shape index (κ1) is 8.24. The van der Waals surface area contributed by atoms with Crippen LogP contribution in [0.5, 0.6) is 0 Å². The monoisotopic (exact) mass is 151 g/mol. The molecule has 0 aromatic heterocycles. The number of ether oxygens (including phenoxy) is 1. The quantitative estimate of drug-likeness (QED) is 0.706. The second-order valence-corrected chi connectivity index (χ2v) is 2.46. The van der Waals surface area contributed by atoms with Crippen LogP contribution in [0.25, 0.3) is 0 Å². The third kappa shape index (κ3) is 2.33. The zero-order valence-corrected chi connectivity index (χ0v) is 6.71. The van der Waals surface area contributed by atoms with Crippen molar-refractivity contribution in [2.75, 3.05) is 7.11 Å². The number of benzene rings is 1. The molecule has 0 saturated heterocycles. The van der Waals surface area contributed by atoms with E-state index in [2.05, 4.69) is 6.07 Å². The Morgan fingerprint density at radius 3 is 2.73 bits per heavy atom. The van der Waals surface area contributed by atoms with Gasteiger partial charge in [-0.05, 0) is 11.1 Å². The summed E-state index contributed by atoms with van der Waals surface area (Å²) in [4.78, 5) is 0. The van der Waals surface area contributed by atoms with Crippen molar-refractivity contribution in [3.05, 3.63) is 35.4 Å². The van der Waals surface area contributed by atoms with E-state index >= 15 is 0 Å². The van der Waals surface area contributed by atoms with Crippen LogP contribution >= 0.6 is 0 Å². The van der Waals surface area contributed by atoms with Gasteiger partial charge in [-0.15, -0.1) is 0 Å². The van der Waals surface area contributed by atoms with E-state index in [1.165, 1.54) is 5.56 Å². The van der Waals surface area contributed by atoms with Crippen LogP contribution in [0.4, 0.5) is 0 Å². The summed E-state index contributed by atoms with van der Waals surface area (Å²) in [6.07, 6.45) is 0. The predicted molar refractivity (Wildman–Crippen MR) is 45.0 cm³/mol. The van der Waals surface area contributed by atoms with E-state index in [-0.39, 0.29) is 0 Å². The molecule has 1 rings (SSSR count). The molecule has 0 unspecified atom stereocenters. The zero-order chi connectivity index (χ0) is 8.10. The molecule has 1 aromatic carbocycles. The van der Waals surface area contributed by atoms with E-state index in [1.54, 1.807) is 7.11 Å². The molecule has 0 aliphatic heterocycles. The molecule has 0 bridgehead atoms. The smallest absolute Gasteiger partial charge is 0.0713 e. The number of methoxy groups -OCH3 is 1. The van der Waals surface area contributed by atoms with Gasteiger partial charge in [0.15, 0.2) is 0 Å². The van der Waals surface area contributed by atoms with Gasteiger partial charge in [-0.25, -0.2) is 0 Å². The molecular formula is C9H13NO. The third-order valence-corrected chi connectivity index (χ3v) is 1.54. The molecule has 2 nitrogen and oxygen atoms in total. The number of hydrogen-bond donors (Lipinski definition) is 1. The largest absolute Gasteiger partial charge is 0.380 e. The van der Waals surface area contributed by atoms with Gasteiger partial charge >= 0.3 is 0 Å². The Kier molecular flexibility index (Phi) is 3.08. The van der Waals surface area contributed by atoms with Crippen LogP contribution in [0.1, 0.15) is 11.1 Å². The minimum absolute atomic E-state index is 0.595. The molecule has 0 heterocycles. The molecule has 1 aromatic rings. The Labute approximate surface area is 67.0 Å². The molecule has 0 spiro atoms. The Bertz CT molecular complexity index is 223. The lowest BCUT2D eigenvalue weighted by molar-refractivity contribution is 0.185. The van der Waals surface area contributed by atoms with Gasteiger partial charge in [-0.3, -0.25) is 0 Å². The van der Waals surface area contributed by atoms with Crippen molar-refractivity contribution in [2.24, 2.45) is 5.73 Å². The summed E-state index contributed by atoms with van der Waals surface area (Å²) in [5, 5.41) is 0. The zero-order valence-electron chi connectivity index (χ0n) is 6.71. The average molecular weight is 151 g/mol. The van der Waals surface area contributed by atoms with Gasteiger partial charge in [0.25, 0.3) is 0 Å². The predicted octanol–water partition coefficient (Wildman–Crippen LogP) is 1.29. The molecule has 0 aliphatic rings. The molecule has 0 aliphatic carbocycles. The van der Waals surface area contributed by atoms with Crippen molar-refractivity contribution in [2.45, 2.75) is 13.2 Å². The highest BCUT2D eigenvalue weighted by atomic mass is 16.5. The van der Waals surface area contributed by atoms with E-state index in [0.717, 1.165) is 5.56 Å². The summed E-state index contributed by atoms with van der Waals surface area (Å²) in [5.74, 6) is 0. The van der Waals surface area contributed by atoms with Crippen molar-refractivity contribution in [3.8, 4) is 0 Å². The number of hydrogen-bond acceptors (Lipinski definition) is 2. The molecule has 2 heteroatoms. The van der Waals surface area contributed by atoms with Gasteiger partial charge in [-0.2, -0.15) is 0 Å². The standard InChI is InChI=1S/C9H13NO/c1-11-7-9-4-2-3-8(5-9)6-10/h2-5H,6-7,10H2,1H3. The van der Waals surface area contributed by atoms with Crippen LogP contribution in [0.3, 0.4) is 0 Å². The van der Waals surface area contributed by atoms with Crippen molar-refractivity contribution in [1.29, 1.82) is 0 Å². The van der Waals surface area contributed by atoms with Crippen molar-refractivity contribution < 1.29 is 4.74 Å². The van der Waals surface area contributed by atoms with Gasteiger partial charge in [0.2, 0.25) is 0 Å². The summed E-state index contributed by atoms with van der Waals surface area (Å²) >= 11 is 0. The maximum absolute atomic E-state index is 5.47. The Balaban J connectivity index is 2.74. The molecule has 11 heavy (non-hydrogen) atoms. The first-order valence-corrected chi connectivity index (χ1v) is 3.63. The summed E-state index contributed by atoms with van der Waals surface area (Å²) in [7, 11) is 1.69. The number of nitrogens with two attached hydrogens (primary N) is 1. The van der Waals surface area contributed by atoms with Crippen LogP contribution in [-0.4, -0.2) is 7.11 Å². The Morgan fingerprint density at radius 1 is 1.36 bits per heavy atom. The molecule has 0 radical (unpaired) electrons. The lowest BCUT2D eigenvalue weighted by atomic mass is 10.1. The minimum atomic E-state index is 0.595. The molecule has 0 fully saturated rings. The maximum Gasteiger partial charge on any atom is 0.0713 e. The Hall–Kier alpha value is -0.860. The van der Waals surface area contributed by atoms with Gasteiger partial charge in [-0.1, -0.05) is 24.3 Å². The summed E-state index contributed by atoms with van der Waals surface area (Å²) in [5.41, 5.74) is 7.80. The molecular weight excluding hydrogens is 138 g/mol. The maximum atomic E-state index is 5.47. The van der Waals surface area contributed by atoms with E-state index < -0.39 is 0 Å². The summed E-state index contributed by atoms with van der Waals surface area (Å²) < 4.78 is 4.99. The van der Waals surface area contributed by atoms with Gasteiger partial charge in [0.05, 0.1) is 6.61 Å². The Morgan fingerprint density at radius 2 is 2.09 bits per heavy atom. The van der Waals surface area contributed by atoms with Crippen LogP contribution in [0.15, 0.2) is 24.3 Å². The van der Waals surface area contributed by atoms with E-state index in [0.29, 0.717) is 13.2 Å². The lowest BCUT2D eigenvalue weighted by Crippen LogP contribution is -1.97. The highest BCUT2D eigenvalue weighted by molar-refractivity contribution is 5.22. The topological polar surface area (TPSA) is 35.2 Å². The first-order chi connectivity index (χ1) is 5.36. The van der Waals surface area contributed by atoms with Crippen molar-refractivity contribution in [1.82, 2.24) is 0 Å². The molecule has 60 valence electrons. The lowest BCUT2D eigenvalue weighted by Gasteiger charge is -2.01. The highest BCUT2D eigenvalue weighted by Gasteiger charge is 1.92. The van der Waals surface area contributed by atoms with Gasteiger partial charge < -0.3 is 10.5 Å². The first-order valence-electron chi connectivity index (χ1n) is 3.63. The SMILES string of the molecule is COCc1cccc(CN)c1. The van der Waals surface area contributed by atoms with E-state index in [9.17, 15) is 0 Å². The second kappa shape index (κ2) is 4.11. The summed E-state index contributed by atoms with van der Waals surface area (Å²) in [6, 6.07) is 8.10.